The molecule has 0 saturated carbocycles. The number of anilines is 1. The number of carbonyl (C=O) groups is 1. The maximum atomic E-state index is 10.6. The zero-order chi connectivity index (χ0) is 17.0. The van der Waals surface area contributed by atoms with Crippen molar-refractivity contribution in [2.75, 3.05) is 18.0 Å². The predicted octanol–water partition coefficient (Wildman–Crippen LogP) is 3.78. The summed E-state index contributed by atoms with van der Waals surface area (Å²) in [6.07, 6.45) is -2.49. The quantitative estimate of drug-likeness (QED) is 0.866. The van der Waals surface area contributed by atoms with E-state index in [1.165, 1.54) is 23.8 Å². The van der Waals surface area contributed by atoms with Crippen molar-refractivity contribution in [2.24, 2.45) is 0 Å². The van der Waals surface area contributed by atoms with E-state index >= 15 is 0 Å². The molecule has 2 heterocycles. The molecule has 1 saturated heterocycles. The van der Waals surface area contributed by atoms with Crippen molar-refractivity contribution in [1.82, 2.24) is 4.98 Å². The fraction of sp³-hybridized carbons (Fsp3) is 0.375. The van der Waals surface area contributed by atoms with E-state index in [4.69, 9.17) is 14.9 Å². The van der Waals surface area contributed by atoms with Gasteiger partial charge < -0.3 is 10.0 Å². The number of aromatic nitrogens is 1. The zero-order valence-corrected chi connectivity index (χ0v) is 12.6. The third-order valence-corrected chi connectivity index (χ3v) is 3.58. The van der Waals surface area contributed by atoms with Crippen LogP contribution in [0.1, 0.15) is 18.4 Å². The third kappa shape index (κ3) is 4.34. The number of rotatable bonds is 1. The minimum Gasteiger partial charge on any atom is -0.475 e. The number of hydrogen-bond acceptors (Lipinski definition) is 3. The van der Waals surface area contributed by atoms with Gasteiger partial charge in [-0.15, -0.1) is 0 Å². The van der Waals surface area contributed by atoms with Crippen molar-refractivity contribution in [1.29, 1.82) is 0 Å². The highest BCUT2D eigenvalue weighted by molar-refractivity contribution is 5.83. The largest absolute Gasteiger partial charge is 0.490 e. The van der Waals surface area contributed by atoms with Gasteiger partial charge in [0.15, 0.2) is 0 Å². The number of pyridine rings is 1. The van der Waals surface area contributed by atoms with Crippen LogP contribution in [-0.4, -0.2) is 35.3 Å². The number of para-hydroxylation sites is 1. The second-order valence-corrected chi connectivity index (χ2v) is 5.31. The lowest BCUT2D eigenvalue weighted by atomic mass is 10.1. The number of hydrogen-bond donors (Lipinski definition) is 1. The Labute approximate surface area is 131 Å². The first-order valence-corrected chi connectivity index (χ1v) is 7.20. The molecule has 1 aliphatic rings. The number of carboxylic acid groups (broad SMARTS) is 1. The van der Waals surface area contributed by atoms with Gasteiger partial charge in [-0.05, 0) is 37.5 Å². The summed E-state index contributed by atoms with van der Waals surface area (Å²) in [6.45, 7) is 4.49. The molecular weight excluding hydrogens is 309 g/mol. The Morgan fingerprint density at radius 1 is 1.22 bits per heavy atom. The minimum absolute atomic E-state index is 1.12. The van der Waals surface area contributed by atoms with Gasteiger partial charge in [-0.1, -0.05) is 18.2 Å². The summed E-state index contributed by atoms with van der Waals surface area (Å²) in [4.78, 5) is 16.0. The highest BCUT2D eigenvalue weighted by Crippen LogP contribution is 2.24. The lowest BCUT2D eigenvalue weighted by Crippen LogP contribution is -2.21. The molecule has 7 heteroatoms. The first-order valence-electron chi connectivity index (χ1n) is 7.20. The lowest BCUT2D eigenvalue weighted by Gasteiger charge is -2.17. The molecule has 0 bridgehead atoms. The predicted molar refractivity (Wildman–Crippen MR) is 81.6 cm³/mol. The number of halogens is 3. The Morgan fingerprint density at radius 3 is 2.35 bits per heavy atom. The maximum absolute atomic E-state index is 10.6. The summed E-state index contributed by atoms with van der Waals surface area (Å²) >= 11 is 0. The molecule has 2 aromatic rings. The molecular formula is C16H17F3N2O2. The zero-order valence-electron chi connectivity index (χ0n) is 12.6. The van der Waals surface area contributed by atoms with Crippen LogP contribution in [0.4, 0.5) is 19.0 Å². The average molecular weight is 326 g/mol. The second-order valence-electron chi connectivity index (χ2n) is 5.31. The number of carboxylic acids is 1. The van der Waals surface area contributed by atoms with E-state index in [0.717, 1.165) is 24.4 Å². The van der Waals surface area contributed by atoms with E-state index in [1.54, 1.807) is 0 Å². The number of nitrogens with zero attached hydrogens (tertiary/aromatic N) is 2. The fourth-order valence-corrected chi connectivity index (χ4v) is 2.44. The van der Waals surface area contributed by atoms with Gasteiger partial charge >= 0.3 is 12.1 Å². The van der Waals surface area contributed by atoms with Crippen LogP contribution < -0.4 is 4.90 Å². The molecule has 1 N–H and O–H groups in total. The van der Waals surface area contributed by atoms with Gasteiger partial charge in [0.05, 0.1) is 5.52 Å². The normalized spacial score (nSPS) is 14.5. The van der Waals surface area contributed by atoms with E-state index in [1.807, 2.05) is 0 Å². The first kappa shape index (κ1) is 17.1. The van der Waals surface area contributed by atoms with Gasteiger partial charge in [0, 0.05) is 18.5 Å². The molecule has 0 spiro atoms. The van der Waals surface area contributed by atoms with Crippen molar-refractivity contribution >= 4 is 22.7 Å². The molecule has 4 nitrogen and oxygen atoms in total. The van der Waals surface area contributed by atoms with E-state index in [9.17, 15) is 13.2 Å². The molecule has 1 aliphatic heterocycles. The van der Waals surface area contributed by atoms with Crippen LogP contribution in [0.25, 0.3) is 10.9 Å². The van der Waals surface area contributed by atoms with Crippen LogP contribution in [0, 0.1) is 6.92 Å². The molecule has 1 fully saturated rings. The lowest BCUT2D eigenvalue weighted by molar-refractivity contribution is -0.192. The highest BCUT2D eigenvalue weighted by Gasteiger charge is 2.38. The summed E-state index contributed by atoms with van der Waals surface area (Å²) in [5, 5.41) is 8.39. The van der Waals surface area contributed by atoms with Gasteiger partial charge in [-0.2, -0.15) is 13.2 Å². The Hall–Kier alpha value is -2.31. The van der Waals surface area contributed by atoms with Gasteiger partial charge in [0.2, 0.25) is 0 Å². The van der Waals surface area contributed by atoms with Crippen molar-refractivity contribution in [3.8, 4) is 0 Å². The minimum atomic E-state index is -5.08. The third-order valence-electron chi connectivity index (χ3n) is 3.58. The molecule has 0 atom stereocenters. The number of benzene rings is 1. The summed E-state index contributed by atoms with van der Waals surface area (Å²) in [5.41, 5.74) is 2.44. The number of fused-ring (bicyclic) bond motifs is 1. The van der Waals surface area contributed by atoms with E-state index in [2.05, 4.69) is 42.2 Å². The van der Waals surface area contributed by atoms with E-state index in [-0.39, 0.29) is 0 Å². The average Bonchev–Trinajstić information content (AvgIpc) is 3.01. The molecule has 1 aromatic heterocycles. The van der Waals surface area contributed by atoms with Crippen molar-refractivity contribution < 1.29 is 23.1 Å². The smallest absolute Gasteiger partial charge is 0.475 e. The maximum Gasteiger partial charge on any atom is 0.490 e. The molecule has 1 aromatic carbocycles. The number of aliphatic carboxylic acids is 1. The monoisotopic (exact) mass is 326 g/mol. The van der Waals surface area contributed by atoms with E-state index in [0.29, 0.717) is 0 Å². The first-order chi connectivity index (χ1) is 10.8. The molecule has 23 heavy (non-hydrogen) atoms. The summed E-state index contributed by atoms with van der Waals surface area (Å²) < 4.78 is 31.7. The standard InChI is InChI=1S/C14H16N2.C2HF3O2/c1-11-10-14(16-8-4-5-9-16)15-13-7-3-2-6-12(11)13;3-2(4,5)1(6)7/h2-3,6-7,10H,4-5,8-9H2,1H3;(H,6,7). The van der Waals surface area contributed by atoms with Gasteiger partial charge in [0.1, 0.15) is 5.82 Å². The van der Waals surface area contributed by atoms with Crippen LogP contribution in [-0.2, 0) is 4.79 Å². The van der Waals surface area contributed by atoms with Crippen LogP contribution in [0.15, 0.2) is 30.3 Å². The Kier molecular flexibility index (Phi) is 5.08. The molecule has 124 valence electrons. The van der Waals surface area contributed by atoms with Crippen molar-refractivity contribution in [3.05, 3.63) is 35.9 Å². The molecule has 0 radical (unpaired) electrons. The summed E-state index contributed by atoms with van der Waals surface area (Å²) in [6, 6.07) is 10.6. The Bertz CT molecular complexity index is 695. The van der Waals surface area contributed by atoms with Crippen molar-refractivity contribution in [2.45, 2.75) is 25.9 Å². The summed E-state index contributed by atoms with van der Waals surface area (Å²) in [5.74, 6) is -1.61. The molecule has 3 rings (SSSR count). The van der Waals surface area contributed by atoms with Crippen LogP contribution in [0.3, 0.4) is 0 Å². The topological polar surface area (TPSA) is 53.4 Å². The summed E-state index contributed by atoms with van der Waals surface area (Å²) in [7, 11) is 0. The van der Waals surface area contributed by atoms with Crippen LogP contribution >= 0.6 is 0 Å². The Morgan fingerprint density at radius 2 is 1.78 bits per heavy atom. The van der Waals surface area contributed by atoms with Crippen LogP contribution in [0.5, 0.6) is 0 Å². The number of aryl methyl sites for hydroxylation is 1. The fourth-order valence-electron chi connectivity index (χ4n) is 2.44. The van der Waals surface area contributed by atoms with Crippen molar-refractivity contribution in [3.63, 3.8) is 0 Å². The number of alkyl halides is 3. The van der Waals surface area contributed by atoms with Gasteiger partial charge in [0.25, 0.3) is 0 Å². The second kappa shape index (κ2) is 6.85. The van der Waals surface area contributed by atoms with Crippen LogP contribution in [0.2, 0.25) is 0 Å². The molecule has 0 aliphatic carbocycles. The Balaban J connectivity index is 0.000000236. The molecule has 0 unspecified atom stereocenters. The highest BCUT2D eigenvalue weighted by atomic mass is 19.4. The SMILES string of the molecule is Cc1cc(N2CCCC2)nc2ccccc12.O=C(O)C(F)(F)F. The molecule has 0 amide bonds. The van der Waals surface area contributed by atoms with Gasteiger partial charge in [-0.25, -0.2) is 9.78 Å². The van der Waals surface area contributed by atoms with Gasteiger partial charge in [-0.3, -0.25) is 0 Å². The van der Waals surface area contributed by atoms with E-state index < -0.39 is 12.1 Å².